The Hall–Kier alpha value is -3.86. The highest BCUT2D eigenvalue weighted by molar-refractivity contribution is 5.95. The van der Waals surface area contributed by atoms with E-state index in [4.69, 9.17) is 15.9 Å². The molecule has 146 valence electrons. The Bertz CT molecular complexity index is 1080. The molecule has 8 nitrogen and oxygen atoms in total. The number of nitrogens with zero attached hydrogens (tertiary/aromatic N) is 4. The van der Waals surface area contributed by atoms with E-state index in [0.717, 1.165) is 16.8 Å². The smallest absolute Gasteiger partial charge is 0.233 e. The van der Waals surface area contributed by atoms with E-state index < -0.39 is 0 Å². The molecule has 4 rings (SSSR count). The Kier molecular flexibility index (Phi) is 4.87. The molecule has 29 heavy (non-hydrogen) atoms. The highest BCUT2D eigenvalue weighted by atomic mass is 16.5. The number of aryl methyl sites for hydroxylation is 1. The summed E-state index contributed by atoms with van der Waals surface area (Å²) in [4.78, 5) is 12.5. The molecule has 8 heteroatoms. The number of anilines is 1. The molecule has 1 aliphatic rings. The number of aromatic nitrogens is 4. The second-order valence-corrected chi connectivity index (χ2v) is 6.56. The van der Waals surface area contributed by atoms with E-state index in [1.165, 1.54) is 7.11 Å². The first-order chi connectivity index (χ1) is 14.1. The standard InChI is InChI=1S/C21H19N5O3/c1-4-11-29-15-7-5-14(6-8-15)16-12-18(27)22-21-20(16)13(2)25-26(21)17-9-10-19(28-3)24-23-17/h1,5-10,16H,11-12H2,2-3H3,(H,22,27)/t16-/m0/s1. The Morgan fingerprint density at radius 2 is 2.03 bits per heavy atom. The number of carbonyl (C=O) groups is 1. The van der Waals surface area contributed by atoms with Gasteiger partial charge in [0.2, 0.25) is 11.8 Å². The number of rotatable bonds is 5. The molecular formula is C21H19N5O3. The van der Waals surface area contributed by atoms with Crippen LogP contribution in [0.4, 0.5) is 5.82 Å². The predicted molar refractivity (Wildman–Crippen MR) is 106 cm³/mol. The quantitative estimate of drug-likeness (QED) is 0.674. The highest BCUT2D eigenvalue weighted by Crippen LogP contribution is 2.40. The summed E-state index contributed by atoms with van der Waals surface area (Å²) in [5.41, 5.74) is 2.77. The summed E-state index contributed by atoms with van der Waals surface area (Å²) in [6.07, 6.45) is 5.56. The SMILES string of the molecule is C#CCOc1ccc([C@@H]2CC(=O)Nc3c2c(C)nn3-c2ccc(OC)nn2)cc1. The van der Waals surface area contributed by atoms with Gasteiger partial charge in [-0.25, -0.2) is 0 Å². The summed E-state index contributed by atoms with van der Waals surface area (Å²) in [7, 11) is 1.53. The third-order valence-electron chi connectivity index (χ3n) is 4.76. The number of ether oxygens (including phenoxy) is 2. The summed E-state index contributed by atoms with van der Waals surface area (Å²) in [6.45, 7) is 2.13. The normalized spacial score (nSPS) is 15.2. The largest absolute Gasteiger partial charge is 0.481 e. The van der Waals surface area contributed by atoms with E-state index in [-0.39, 0.29) is 18.4 Å². The molecule has 1 aliphatic heterocycles. The van der Waals surface area contributed by atoms with Gasteiger partial charge in [-0.3, -0.25) is 4.79 Å². The van der Waals surface area contributed by atoms with Crippen molar-refractivity contribution >= 4 is 11.7 Å². The number of hydrogen-bond acceptors (Lipinski definition) is 6. The molecule has 0 aliphatic carbocycles. The molecule has 1 atom stereocenters. The Morgan fingerprint density at radius 1 is 1.24 bits per heavy atom. The van der Waals surface area contributed by atoms with Crippen LogP contribution >= 0.6 is 0 Å². The average Bonchev–Trinajstić information content (AvgIpc) is 3.08. The van der Waals surface area contributed by atoms with Crippen LogP contribution in [0.25, 0.3) is 5.82 Å². The zero-order valence-electron chi connectivity index (χ0n) is 16.0. The van der Waals surface area contributed by atoms with E-state index in [9.17, 15) is 4.79 Å². The van der Waals surface area contributed by atoms with Gasteiger partial charge in [0.15, 0.2) is 5.82 Å². The van der Waals surface area contributed by atoms with E-state index in [0.29, 0.717) is 29.7 Å². The van der Waals surface area contributed by atoms with E-state index >= 15 is 0 Å². The van der Waals surface area contributed by atoms with Crippen LogP contribution in [0.3, 0.4) is 0 Å². The number of benzene rings is 1. The van der Waals surface area contributed by atoms with Gasteiger partial charge in [-0.1, -0.05) is 18.1 Å². The van der Waals surface area contributed by atoms with Gasteiger partial charge in [0.05, 0.1) is 12.8 Å². The fourth-order valence-corrected chi connectivity index (χ4v) is 3.45. The van der Waals surface area contributed by atoms with Gasteiger partial charge < -0.3 is 14.8 Å². The minimum Gasteiger partial charge on any atom is -0.481 e. The van der Waals surface area contributed by atoms with Crippen molar-refractivity contribution in [3.63, 3.8) is 0 Å². The number of carbonyl (C=O) groups excluding carboxylic acids is 1. The van der Waals surface area contributed by atoms with Gasteiger partial charge >= 0.3 is 0 Å². The van der Waals surface area contributed by atoms with Crippen LogP contribution in [0.5, 0.6) is 11.6 Å². The highest BCUT2D eigenvalue weighted by Gasteiger charge is 2.33. The summed E-state index contributed by atoms with van der Waals surface area (Å²) >= 11 is 0. The minimum absolute atomic E-state index is 0.0854. The topological polar surface area (TPSA) is 91.2 Å². The first kappa shape index (κ1) is 18.5. The molecule has 1 N–H and O–H groups in total. The predicted octanol–water partition coefficient (Wildman–Crippen LogP) is 2.47. The minimum atomic E-state index is -0.125. The average molecular weight is 389 g/mol. The number of terminal acetylenes is 1. The summed E-state index contributed by atoms with van der Waals surface area (Å²) in [5, 5.41) is 15.7. The van der Waals surface area contributed by atoms with Crippen molar-refractivity contribution in [2.24, 2.45) is 0 Å². The van der Waals surface area contributed by atoms with Crippen LogP contribution in [0, 0.1) is 19.3 Å². The molecule has 1 amide bonds. The zero-order chi connectivity index (χ0) is 20.4. The van der Waals surface area contributed by atoms with E-state index in [1.807, 2.05) is 31.2 Å². The number of hydrogen-bond donors (Lipinski definition) is 1. The monoisotopic (exact) mass is 389 g/mol. The van der Waals surface area contributed by atoms with Crippen molar-refractivity contribution in [3.8, 4) is 29.8 Å². The Balaban J connectivity index is 1.72. The van der Waals surface area contributed by atoms with Gasteiger partial charge in [-0.05, 0) is 30.7 Å². The van der Waals surface area contributed by atoms with Gasteiger partial charge in [0.25, 0.3) is 0 Å². The first-order valence-corrected chi connectivity index (χ1v) is 9.04. The summed E-state index contributed by atoms with van der Waals surface area (Å²) in [5.74, 6) is 4.42. The molecule has 0 unspecified atom stereocenters. The van der Waals surface area contributed by atoms with Crippen molar-refractivity contribution in [3.05, 3.63) is 53.2 Å². The second-order valence-electron chi connectivity index (χ2n) is 6.56. The fourth-order valence-electron chi connectivity index (χ4n) is 3.45. The summed E-state index contributed by atoms with van der Waals surface area (Å²) in [6, 6.07) is 11.0. The third kappa shape index (κ3) is 3.50. The lowest BCUT2D eigenvalue weighted by molar-refractivity contribution is -0.116. The van der Waals surface area contributed by atoms with Crippen molar-refractivity contribution < 1.29 is 14.3 Å². The number of methoxy groups -OCH3 is 1. The maximum Gasteiger partial charge on any atom is 0.233 e. The van der Waals surface area contributed by atoms with Crippen molar-refractivity contribution in [1.29, 1.82) is 0 Å². The third-order valence-corrected chi connectivity index (χ3v) is 4.76. The molecule has 0 saturated heterocycles. The van der Waals surface area contributed by atoms with Gasteiger partial charge in [0, 0.05) is 24.0 Å². The van der Waals surface area contributed by atoms with Crippen LogP contribution in [-0.2, 0) is 4.79 Å². The maximum atomic E-state index is 12.5. The van der Waals surface area contributed by atoms with E-state index in [2.05, 4.69) is 26.5 Å². The van der Waals surface area contributed by atoms with Gasteiger partial charge in [0.1, 0.15) is 18.2 Å². The number of amides is 1. The molecule has 0 bridgehead atoms. The van der Waals surface area contributed by atoms with Crippen LogP contribution in [-0.4, -0.2) is 39.6 Å². The first-order valence-electron chi connectivity index (χ1n) is 9.04. The number of nitrogens with one attached hydrogen (secondary N) is 1. The lowest BCUT2D eigenvalue weighted by Crippen LogP contribution is -2.25. The second kappa shape index (κ2) is 7.64. The van der Waals surface area contributed by atoms with Crippen LogP contribution in [0.1, 0.15) is 29.2 Å². The Morgan fingerprint density at radius 3 is 2.69 bits per heavy atom. The summed E-state index contributed by atoms with van der Waals surface area (Å²) < 4.78 is 12.1. The van der Waals surface area contributed by atoms with E-state index in [1.54, 1.807) is 16.8 Å². The van der Waals surface area contributed by atoms with Gasteiger partial charge in [-0.2, -0.15) is 9.78 Å². The fraction of sp³-hybridized carbons (Fsp3) is 0.238. The molecular weight excluding hydrogens is 370 g/mol. The zero-order valence-corrected chi connectivity index (χ0v) is 16.0. The lowest BCUT2D eigenvalue weighted by atomic mass is 9.86. The van der Waals surface area contributed by atoms with Crippen LogP contribution < -0.4 is 14.8 Å². The van der Waals surface area contributed by atoms with Gasteiger partial charge in [-0.15, -0.1) is 16.6 Å². The molecule has 3 heterocycles. The van der Waals surface area contributed by atoms with Crippen LogP contribution in [0.2, 0.25) is 0 Å². The molecule has 2 aromatic heterocycles. The Labute approximate surface area is 167 Å². The number of fused-ring (bicyclic) bond motifs is 1. The lowest BCUT2D eigenvalue weighted by Gasteiger charge is -2.24. The van der Waals surface area contributed by atoms with Crippen molar-refractivity contribution in [2.45, 2.75) is 19.3 Å². The maximum absolute atomic E-state index is 12.5. The molecule has 0 radical (unpaired) electrons. The molecule has 0 spiro atoms. The molecule has 0 saturated carbocycles. The van der Waals surface area contributed by atoms with Crippen LogP contribution in [0.15, 0.2) is 36.4 Å². The van der Waals surface area contributed by atoms with Crippen molar-refractivity contribution in [2.75, 3.05) is 19.0 Å². The molecule has 3 aromatic rings. The molecule has 1 aromatic carbocycles. The van der Waals surface area contributed by atoms with Crippen molar-refractivity contribution in [1.82, 2.24) is 20.0 Å². The molecule has 0 fully saturated rings.